The van der Waals surface area contributed by atoms with E-state index in [1.165, 1.54) is 11.6 Å². The maximum Gasteiger partial charge on any atom is 0.361 e. The largest absolute Gasteiger partial charge is 0.457 e. The van der Waals surface area contributed by atoms with E-state index >= 15 is 0 Å². The Balaban J connectivity index is 1.83. The number of carbonyl (C=O) groups is 2. The molecule has 3 aromatic rings. The van der Waals surface area contributed by atoms with Crippen molar-refractivity contribution in [1.29, 1.82) is 0 Å². The van der Waals surface area contributed by atoms with Crippen molar-refractivity contribution >= 4 is 44.4 Å². The van der Waals surface area contributed by atoms with Crippen LogP contribution in [0.25, 0.3) is 10.8 Å². The van der Waals surface area contributed by atoms with Crippen LogP contribution in [-0.4, -0.2) is 24.9 Å². The summed E-state index contributed by atoms with van der Waals surface area (Å²) in [5.74, 6) is 0.841. The third kappa shape index (κ3) is 5.67. The van der Waals surface area contributed by atoms with E-state index in [1.54, 1.807) is 54.6 Å². The Bertz CT molecular complexity index is 1180. The summed E-state index contributed by atoms with van der Waals surface area (Å²) in [5.41, 5.74) is 0.967. The van der Waals surface area contributed by atoms with Crippen LogP contribution in [0.15, 0.2) is 60.7 Å². The topological polar surface area (TPSA) is 134 Å². The molecule has 150 valence electrons. The number of amides is 3. The number of nitrogens with one attached hydrogen (secondary N) is 3. The van der Waals surface area contributed by atoms with Crippen LogP contribution in [0.1, 0.15) is 6.92 Å². The molecule has 0 bridgehead atoms. The van der Waals surface area contributed by atoms with E-state index in [9.17, 15) is 18.0 Å². The molecule has 0 aromatic heterocycles. The van der Waals surface area contributed by atoms with E-state index in [0.29, 0.717) is 28.3 Å². The van der Waals surface area contributed by atoms with Gasteiger partial charge in [0.2, 0.25) is 5.91 Å². The minimum absolute atomic E-state index is 0.175. The lowest BCUT2D eigenvalue weighted by Gasteiger charge is -2.11. The zero-order valence-corrected chi connectivity index (χ0v) is 16.0. The number of hydrogen-bond donors (Lipinski definition) is 4. The molecule has 29 heavy (non-hydrogen) atoms. The standard InChI is InChI=1S/C19H17N3O6S/c1-12(23)20-14-6-9-15(10-7-14)28-16-8-5-13-3-2-4-18(17(13)11-16)21-19(24)22-29(25,26)27/h2-11H,1H3,(H,20,23)(H2,21,22,24)(H,25,26,27). The normalized spacial score (nSPS) is 11.0. The Labute approximate surface area is 166 Å². The molecule has 4 N–H and O–H groups in total. The van der Waals surface area contributed by atoms with Gasteiger partial charge >= 0.3 is 16.3 Å². The van der Waals surface area contributed by atoms with Crippen LogP contribution in [0, 0.1) is 0 Å². The van der Waals surface area contributed by atoms with Crippen LogP contribution < -0.4 is 20.1 Å². The molecule has 0 fully saturated rings. The lowest BCUT2D eigenvalue weighted by Crippen LogP contribution is -2.33. The Morgan fingerprint density at radius 3 is 2.28 bits per heavy atom. The highest BCUT2D eigenvalue weighted by Crippen LogP contribution is 2.30. The first-order chi connectivity index (χ1) is 13.7. The Hall–Kier alpha value is -3.63. The summed E-state index contributed by atoms with van der Waals surface area (Å²) in [5, 5.41) is 6.42. The molecule has 0 heterocycles. The molecule has 9 nitrogen and oxygen atoms in total. The van der Waals surface area contributed by atoms with Crippen LogP contribution in [0.5, 0.6) is 11.5 Å². The first-order valence-corrected chi connectivity index (χ1v) is 9.78. The van der Waals surface area contributed by atoms with Gasteiger partial charge in [-0.3, -0.25) is 9.35 Å². The van der Waals surface area contributed by atoms with Crippen molar-refractivity contribution in [2.24, 2.45) is 0 Å². The van der Waals surface area contributed by atoms with Gasteiger partial charge in [-0.05, 0) is 47.9 Å². The van der Waals surface area contributed by atoms with Gasteiger partial charge in [-0.15, -0.1) is 0 Å². The van der Waals surface area contributed by atoms with Crippen molar-refractivity contribution in [1.82, 2.24) is 4.72 Å². The number of rotatable bonds is 5. The minimum atomic E-state index is -4.67. The fourth-order valence-corrected chi connectivity index (χ4v) is 2.92. The van der Waals surface area contributed by atoms with Crippen molar-refractivity contribution in [2.75, 3.05) is 10.6 Å². The summed E-state index contributed by atoms with van der Waals surface area (Å²) >= 11 is 0. The molecule has 0 radical (unpaired) electrons. The number of benzene rings is 3. The van der Waals surface area contributed by atoms with Crippen molar-refractivity contribution in [3.05, 3.63) is 60.7 Å². The molecule has 0 aliphatic rings. The van der Waals surface area contributed by atoms with Crippen LogP contribution in [0.2, 0.25) is 0 Å². The van der Waals surface area contributed by atoms with Crippen molar-refractivity contribution in [3.8, 4) is 11.5 Å². The van der Waals surface area contributed by atoms with E-state index in [0.717, 1.165) is 5.39 Å². The molecule has 0 unspecified atom stereocenters. The molecule has 3 aromatic carbocycles. The molecule has 3 amide bonds. The van der Waals surface area contributed by atoms with Gasteiger partial charge in [0.05, 0.1) is 5.69 Å². The quantitative estimate of drug-likeness (QED) is 0.471. The van der Waals surface area contributed by atoms with E-state index in [4.69, 9.17) is 9.29 Å². The Morgan fingerprint density at radius 2 is 1.62 bits per heavy atom. The summed E-state index contributed by atoms with van der Waals surface area (Å²) < 4.78 is 37.5. The van der Waals surface area contributed by atoms with Gasteiger partial charge in [-0.1, -0.05) is 18.2 Å². The minimum Gasteiger partial charge on any atom is -0.457 e. The summed E-state index contributed by atoms with van der Waals surface area (Å²) in [6.07, 6.45) is 0. The van der Waals surface area contributed by atoms with Gasteiger partial charge in [0.15, 0.2) is 0 Å². The molecular formula is C19H17N3O6S. The van der Waals surface area contributed by atoms with E-state index in [2.05, 4.69) is 10.6 Å². The van der Waals surface area contributed by atoms with Crippen LogP contribution >= 0.6 is 0 Å². The molecule has 0 spiro atoms. The van der Waals surface area contributed by atoms with Gasteiger partial charge in [-0.25, -0.2) is 9.52 Å². The molecule has 0 saturated carbocycles. The highest BCUT2D eigenvalue weighted by molar-refractivity contribution is 7.84. The van der Waals surface area contributed by atoms with Crippen LogP contribution in [0.3, 0.4) is 0 Å². The maximum atomic E-state index is 11.7. The number of carbonyl (C=O) groups excluding carboxylic acids is 2. The fraction of sp³-hybridized carbons (Fsp3) is 0.0526. The lowest BCUT2D eigenvalue weighted by atomic mass is 10.1. The first kappa shape index (κ1) is 20.1. The van der Waals surface area contributed by atoms with E-state index < -0.39 is 16.3 Å². The molecular weight excluding hydrogens is 398 g/mol. The smallest absolute Gasteiger partial charge is 0.361 e. The SMILES string of the molecule is CC(=O)Nc1ccc(Oc2ccc3cccc(NC(=O)NS(=O)(=O)O)c3c2)cc1. The molecule has 0 aliphatic carbocycles. The summed E-state index contributed by atoms with van der Waals surface area (Å²) in [4.78, 5) is 22.8. The van der Waals surface area contributed by atoms with Crippen molar-refractivity contribution in [3.63, 3.8) is 0 Å². The summed E-state index contributed by atoms with van der Waals surface area (Å²) in [6, 6.07) is 16.0. The first-order valence-electron chi connectivity index (χ1n) is 8.34. The third-order valence-electron chi connectivity index (χ3n) is 3.73. The highest BCUT2D eigenvalue weighted by Gasteiger charge is 2.12. The van der Waals surface area contributed by atoms with Gasteiger partial charge in [0.1, 0.15) is 11.5 Å². The summed E-state index contributed by atoms with van der Waals surface area (Å²) in [6.45, 7) is 1.42. The number of anilines is 2. The number of urea groups is 1. The van der Waals surface area contributed by atoms with Crippen molar-refractivity contribution < 1.29 is 27.3 Å². The monoisotopic (exact) mass is 415 g/mol. The Morgan fingerprint density at radius 1 is 0.931 bits per heavy atom. The van der Waals surface area contributed by atoms with Gasteiger partial charge < -0.3 is 15.4 Å². The number of hydrogen-bond acceptors (Lipinski definition) is 5. The molecule has 0 atom stereocenters. The number of ether oxygens (including phenoxy) is 1. The van der Waals surface area contributed by atoms with Gasteiger partial charge in [0, 0.05) is 18.0 Å². The zero-order chi connectivity index (χ0) is 21.0. The van der Waals surface area contributed by atoms with Gasteiger partial charge in [-0.2, -0.15) is 8.42 Å². The lowest BCUT2D eigenvalue weighted by molar-refractivity contribution is -0.114. The second-order valence-electron chi connectivity index (χ2n) is 6.03. The fourth-order valence-electron chi connectivity index (χ4n) is 2.63. The predicted molar refractivity (Wildman–Crippen MR) is 108 cm³/mol. The second kappa shape index (κ2) is 8.17. The molecule has 0 aliphatic heterocycles. The maximum absolute atomic E-state index is 11.7. The summed E-state index contributed by atoms with van der Waals surface area (Å²) in [7, 11) is -4.67. The number of fused-ring (bicyclic) bond motifs is 1. The molecule has 0 saturated heterocycles. The second-order valence-corrected chi connectivity index (χ2v) is 7.18. The molecule has 3 rings (SSSR count). The average molecular weight is 415 g/mol. The van der Waals surface area contributed by atoms with E-state index in [1.807, 2.05) is 6.07 Å². The zero-order valence-electron chi connectivity index (χ0n) is 15.2. The van der Waals surface area contributed by atoms with E-state index in [-0.39, 0.29) is 5.91 Å². The predicted octanol–water partition coefficient (Wildman–Crippen LogP) is 3.51. The van der Waals surface area contributed by atoms with Crippen LogP contribution in [0.4, 0.5) is 16.2 Å². The van der Waals surface area contributed by atoms with Crippen molar-refractivity contribution in [2.45, 2.75) is 6.92 Å². The van der Waals surface area contributed by atoms with Crippen LogP contribution in [-0.2, 0) is 15.1 Å². The molecule has 10 heteroatoms. The third-order valence-corrected chi connectivity index (χ3v) is 4.18. The highest BCUT2D eigenvalue weighted by atomic mass is 32.2. The average Bonchev–Trinajstić information content (AvgIpc) is 2.62. The van der Waals surface area contributed by atoms with Gasteiger partial charge in [0.25, 0.3) is 0 Å². The Kier molecular flexibility index (Phi) is 5.66.